The van der Waals surface area contributed by atoms with Crippen molar-refractivity contribution in [2.45, 2.75) is 32.4 Å². The molecule has 15 heavy (non-hydrogen) atoms. The fourth-order valence-corrected chi connectivity index (χ4v) is 2.44. The van der Waals surface area contributed by atoms with Gasteiger partial charge in [-0.3, -0.25) is 4.90 Å². The van der Waals surface area contributed by atoms with Crippen molar-refractivity contribution in [1.82, 2.24) is 10.1 Å². The van der Waals surface area contributed by atoms with Crippen LogP contribution in [0.15, 0.2) is 16.9 Å². The van der Waals surface area contributed by atoms with Gasteiger partial charge < -0.3 is 10.3 Å². The van der Waals surface area contributed by atoms with Gasteiger partial charge in [0.05, 0.1) is 5.69 Å². The number of aromatic nitrogens is 1. The molecule has 1 aromatic heterocycles. The lowest BCUT2D eigenvalue weighted by Crippen LogP contribution is -2.48. The maximum atomic E-state index is 5.83. The molecule has 0 aromatic carbocycles. The van der Waals surface area contributed by atoms with Crippen LogP contribution in [0.25, 0.3) is 0 Å². The maximum absolute atomic E-state index is 5.83. The largest absolute Gasteiger partial charge is 0.364 e. The van der Waals surface area contributed by atoms with E-state index >= 15 is 0 Å². The molecule has 0 saturated carbocycles. The smallest absolute Gasteiger partial charge is 0.124 e. The molecule has 0 spiro atoms. The first kappa shape index (κ1) is 10.6. The van der Waals surface area contributed by atoms with Gasteiger partial charge in [-0.1, -0.05) is 12.1 Å². The van der Waals surface area contributed by atoms with Crippen LogP contribution in [0.3, 0.4) is 0 Å². The Morgan fingerprint density at radius 1 is 1.67 bits per heavy atom. The molecule has 0 amide bonds. The molecule has 1 fully saturated rings. The summed E-state index contributed by atoms with van der Waals surface area (Å²) in [6.45, 7) is 5.01. The number of rotatable bonds is 3. The van der Waals surface area contributed by atoms with Crippen LogP contribution in [0.1, 0.15) is 25.5 Å². The van der Waals surface area contributed by atoms with E-state index in [-0.39, 0.29) is 0 Å². The van der Waals surface area contributed by atoms with Crippen LogP contribution in [-0.4, -0.2) is 29.2 Å². The van der Waals surface area contributed by atoms with Crippen molar-refractivity contribution in [3.63, 3.8) is 0 Å². The third kappa shape index (κ3) is 2.38. The van der Waals surface area contributed by atoms with Crippen molar-refractivity contribution in [3.8, 4) is 0 Å². The van der Waals surface area contributed by atoms with E-state index in [0.717, 1.165) is 25.3 Å². The van der Waals surface area contributed by atoms with Crippen molar-refractivity contribution >= 4 is 0 Å². The highest BCUT2D eigenvalue weighted by atomic mass is 16.5. The molecule has 2 unspecified atom stereocenters. The van der Waals surface area contributed by atoms with Crippen LogP contribution >= 0.6 is 0 Å². The third-order valence-electron chi connectivity index (χ3n) is 3.33. The standard InChI is InChI=1S/C11H19N3O/c1-9-3-2-5-14(11(9)7-12)8-10-4-6-15-13-10/h4,6,9,11H,2-3,5,7-8,12H2,1H3. The Bertz CT molecular complexity index is 286. The molecule has 4 heteroatoms. The second-order valence-corrected chi connectivity index (χ2v) is 4.38. The quantitative estimate of drug-likeness (QED) is 0.813. The van der Waals surface area contributed by atoms with E-state index in [1.165, 1.54) is 12.8 Å². The van der Waals surface area contributed by atoms with E-state index in [4.69, 9.17) is 10.3 Å². The zero-order valence-electron chi connectivity index (χ0n) is 9.22. The highest BCUT2D eigenvalue weighted by Gasteiger charge is 2.27. The fraction of sp³-hybridized carbons (Fsp3) is 0.727. The van der Waals surface area contributed by atoms with Crippen LogP contribution in [0.2, 0.25) is 0 Å². The first-order chi connectivity index (χ1) is 7.31. The molecule has 4 nitrogen and oxygen atoms in total. The highest BCUT2D eigenvalue weighted by Crippen LogP contribution is 2.23. The van der Waals surface area contributed by atoms with Gasteiger partial charge in [-0.25, -0.2) is 0 Å². The zero-order valence-corrected chi connectivity index (χ0v) is 9.22. The lowest BCUT2D eigenvalue weighted by molar-refractivity contribution is 0.0966. The Hall–Kier alpha value is -0.870. The molecular weight excluding hydrogens is 190 g/mol. The second-order valence-electron chi connectivity index (χ2n) is 4.38. The topological polar surface area (TPSA) is 55.3 Å². The average molecular weight is 209 g/mol. The third-order valence-corrected chi connectivity index (χ3v) is 3.33. The van der Waals surface area contributed by atoms with Crippen LogP contribution in [0, 0.1) is 5.92 Å². The summed E-state index contributed by atoms with van der Waals surface area (Å²) in [7, 11) is 0. The molecule has 1 saturated heterocycles. The Morgan fingerprint density at radius 2 is 2.53 bits per heavy atom. The highest BCUT2D eigenvalue weighted by molar-refractivity contribution is 4.97. The van der Waals surface area contributed by atoms with E-state index in [1.54, 1.807) is 6.26 Å². The minimum absolute atomic E-state index is 0.496. The normalized spacial score (nSPS) is 28.1. The van der Waals surface area contributed by atoms with Gasteiger partial charge in [0.2, 0.25) is 0 Å². The molecule has 0 bridgehead atoms. The average Bonchev–Trinajstić information content (AvgIpc) is 2.71. The molecule has 2 rings (SSSR count). The van der Waals surface area contributed by atoms with E-state index in [0.29, 0.717) is 12.0 Å². The summed E-state index contributed by atoms with van der Waals surface area (Å²) in [6, 6.07) is 2.42. The predicted molar refractivity (Wildman–Crippen MR) is 58.2 cm³/mol. The molecule has 1 aliphatic rings. The number of hydrogen-bond acceptors (Lipinski definition) is 4. The molecule has 1 aromatic rings. The van der Waals surface area contributed by atoms with E-state index < -0.39 is 0 Å². The first-order valence-corrected chi connectivity index (χ1v) is 5.64. The van der Waals surface area contributed by atoms with Gasteiger partial charge in [0.1, 0.15) is 6.26 Å². The maximum Gasteiger partial charge on any atom is 0.124 e. The summed E-state index contributed by atoms with van der Waals surface area (Å²) in [5, 5.41) is 3.95. The lowest BCUT2D eigenvalue weighted by atomic mass is 9.91. The summed E-state index contributed by atoms with van der Waals surface area (Å²) < 4.78 is 4.84. The van der Waals surface area contributed by atoms with Crippen molar-refractivity contribution < 1.29 is 4.52 Å². The molecule has 1 aliphatic heterocycles. The number of likely N-dealkylation sites (tertiary alicyclic amines) is 1. The molecule has 2 atom stereocenters. The van der Waals surface area contributed by atoms with Gasteiger partial charge in [-0.2, -0.15) is 0 Å². The summed E-state index contributed by atoms with van der Waals surface area (Å²) in [6.07, 6.45) is 4.17. The number of piperidine rings is 1. The Morgan fingerprint density at radius 3 is 3.20 bits per heavy atom. The zero-order chi connectivity index (χ0) is 10.7. The number of nitrogens with two attached hydrogens (primary N) is 1. The van der Waals surface area contributed by atoms with Crippen LogP contribution in [0.4, 0.5) is 0 Å². The van der Waals surface area contributed by atoms with Crippen LogP contribution in [-0.2, 0) is 6.54 Å². The SMILES string of the molecule is CC1CCCN(Cc2ccon2)C1CN. The molecule has 84 valence electrons. The molecule has 0 aliphatic carbocycles. The Balaban J connectivity index is 2.00. The van der Waals surface area contributed by atoms with E-state index in [2.05, 4.69) is 17.0 Å². The van der Waals surface area contributed by atoms with Crippen LogP contribution < -0.4 is 5.73 Å². The van der Waals surface area contributed by atoms with Crippen molar-refractivity contribution in [1.29, 1.82) is 0 Å². The van der Waals surface area contributed by atoms with Crippen LogP contribution in [0.5, 0.6) is 0 Å². The van der Waals surface area contributed by atoms with Gasteiger partial charge >= 0.3 is 0 Å². The lowest BCUT2D eigenvalue weighted by Gasteiger charge is -2.38. The second kappa shape index (κ2) is 4.77. The number of hydrogen-bond donors (Lipinski definition) is 1. The Labute approximate surface area is 90.4 Å². The monoisotopic (exact) mass is 209 g/mol. The summed E-state index contributed by atoms with van der Waals surface area (Å²) in [4.78, 5) is 2.42. The van der Waals surface area contributed by atoms with E-state index in [9.17, 15) is 0 Å². The minimum atomic E-state index is 0.496. The van der Waals surface area contributed by atoms with E-state index in [1.807, 2.05) is 6.07 Å². The van der Waals surface area contributed by atoms with Gasteiger partial charge in [-0.05, 0) is 25.3 Å². The molecule has 2 N–H and O–H groups in total. The first-order valence-electron chi connectivity index (χ1n) is 5.64. The molecule has 0 radical (unpaired) electrons. The van der Waals surface area contributed by atoms with Gasteiger partial charge in [0, 0.05) is 25.2 Å². The number of nitrogens with zero attached hydrogens (tertiary/aromatic N) is 2. The van der Waals surface area contributed by atoms with Gasteiger partial charge in [0.25, 0.3) is 0 Å². The minimum Gasteiger partial charge on any atom is -0.364 e. The summed E-state index contributed by atoms with van der Waals surface area (Å²) >= 11 is 0. The summed E-state index contributed by atoms with van der Waals surface area (Å²) in [5.74, 6) is 0.690. The molecular formula is C11H19N3O. The van der Waals surface area contributed by atoms with Crippen molar-refractivity contribution in [2.24, 2.45) is 11.7 Å². The Kier molecular flexibility index (Phi) is 3.38. The van der Waals surface area contributed by atoms with Crippen molar-refractivity contribution in [3.05, 3.63) is 18.0 Å². The predicted octanol–water partition coefficient (Wildman–Crippen LogP) is 1.23. The van der Waals surface area contributed by atoms with Gasteiger partial charge in [0.15, 0.2) is 0 Å². The van der Waals surface area contributed by atoms with Crippen molar-refractivity contribution in [2.75, 3.05) is 13.1 Å². The van der Waals surface area contributed by atoms with Gasteiger partial charge in [-0.15, -0.1) is 0 Å². The summed E-state index contributed by atoms with van der Waals surface area (Å²) in [5.41, 5.74) is 6.83. The molecule has 2 heterocycles. The fourth-order valence-electron chi connectivity index (χ4n) is 2.44.